The fourth-order valence-electron chi connectivity index (χ4n) is 1.79. The van der Waals surface area contributed by atoms with Crippen molar-refractivity contribution in [3.05, 3.63) is 30.3 Å². The van der Waals surface area contributed by atoms with Gasteiger partial charge in [0, 0.05) is 25.2 Å². The number of para-hydroxylation sites is 1. The van der Waals surface area contributed by atoms with Crippen LogP contribution in [0.2, 0.25) is 0 Å². The number of nitrogens with zero attached hydrogens (tertiary/aromatic N) is 1. The molecule has 1 aromatic carbocycles. The molecule has 0 bridgehead atoms. The summed E-state index contributed by atoms with van der Waals surface area (Å²) in [5.74, 6) is -0.868. The number of carbonyl (C=O) groups excluding carboxylic acids is 1. The third-order valence-electron chi connectivity index (χ3n) is 2.65. The topological polar surface area (TPSA) is 69.6 Å². The molecule has 5 nitrogen and oxygen atoms in total. The first-order chi connectivity index (χ1) is 9.13. The molecule has 0 heterocycles. The van der Waals surface area contributed by atoms with E-state index in [1.807, 2.05) is 42.2 Å². The zero-order valence-electron chi connectivity index (χ0n) is 11.1. The van der Waals surface area contributed by atoms with Crippen LogP contribution in [0.15, 0.2) is 30.3 Å². The van der Waals surface area contributed by atoms with Crippen LogP contribution in [0.3, 0.4) is 0 Å². The molecule has 0 aliphatic carbocycles. The number of anilines is 1. The summed E-state index contributed by atoms with van der Waals surface area (Å²) in [6.07, 6.45) is 0.627. The summed E-state index contributed by atoms with van der Waals surface area (Å²) in [5.41, 5.74) is 0.930. The molecule has 0 fully saturated rings. The summed E-state index contributed by atoms with van der Waals surface area (Å²) in [6.45, 7) is 3.26. The Kier molecular flexibility index (Phi) is 6.43. The minimum Gasteiger partial charge on any atom is -0.481 e. The molecule has 0 saturated carbocycles. The van der Waals surface area contributed by atoms with E-state index in [2.05, 4.69) is 5.32 Å². The Bertz CT molecular complexity index is 406. The minimum atomic E-state index is -0.814. The maximum absolute atomic E-state index is 11.7. The van der Waals surface area contributed by atoms with E-state index in [4.69, 9.17) is 5.11 Å². The largest absolute Gasteiger partial charge is 0.481 e. The summed E-state index contributed by atoms with van der Waals surface area (Å²) in [6, 6.07) is 9.54. The van der Waals surface area contributed by atoms with Gasteiger partial charge in [-0.3, -0.25) is 9.59 Å². The second-order valence-corrected chi connectivity index (χ2v) is 4.21. The SMILES string of the molecule is CCNC(=O)CN(CCCC(=O)O)c1ccccc1. The molecule has 104 valence electrons. The van der Waals surface area contributed by atoms with Crippen molar-refractivity contribution in [2.45, 2.75) is 19.8 Å². The number of carboxylic acid groups (broad SMARTS) is 1. The lowest BCUT2D eigenvalue weighted by Crippen LogP contribution is -2.37. The molecule has 0 aliphatic heterocycles. The first kappa shape index (κ1) is 15.0. The highest BCUT2D eigenvalue weighted by Gasteiger charge is 2.11. The molecule has 0 atom stereocenters. The van der Waals surface area contributed by atoms with Crippen molar-refractivity contribution < 1.29 is 14.7 Å². The smallest absolute Gasteiger partial charge is 0.303 e. The maximum atomic E-state index is 11.7. The molecular formula is C14H20N2O3. The zero-order valence-corrected chi connectivity index (χ0v) is 11.1. The zero-order chi connectivity index (χ0) is 14.1. The second-order valence-electron chi connectivity index (χ2n) is 4.21. The van der Waals surface area contributed by atoms with Crippen LogP contribution in [0.4, 0.5) is 5.69 Å². The number of carboxylic acids is 1. The lowest BCUT2D eigenvalue weighted by atomic mass is 10.2. The van der Waals surface area contributed by atoms with Crippen molar-refractivity contribution in [3.63, 3.8) is 0 Å². The van der Waals surface area contributed by atoms with Crippen molar-refractivity contribution >= 4 is 17.6 Å². The normalized spacial score (nSPS) is 9.95. The van der Waals surface area contributed by atoms with Gasteiger partial charge in [-0.15, -0.1) is 0 Å². The molecule has 1 amide bonds. The Hall–Kier alpha value is -2.04. The third kappa shape index (κ3) is 5.90. The maximum Gasteiger partial charge on any atom is 0.303 e. The minimum absolute atomic E-state index is 0.0540. The number of amides is 1. The van der Waals surface area contributed by atoms with Crippen LogP contribution < -0.4 is 10.2 Å². The van der Waals surface area contributed by atoms with Gasteiger partial charge in [0.15, 0.2) is 0 Å². The van der Waals surface area contributed by atoms with E-state index in [1.165, 1.54) is 0 Å². The van der Waals surface area contributed by atoms with E-state index in [9.17, 15) is 9.59 Å². The van der Waals surface area contributed by atoms with Crippen molar-refractivity contribution in [1.29, 1.82) is 0 Å². The molecule has 0 aliphatic rings. The summed E-state index contributed by atoms with van der Waals surface area (Å²) < 4.78 is 0. The van der Waals surface area contributed by atoms with Crippen LogP contribution in [-0.2, 0) is 9.59 Å². The van der Waals surface area contributed by atoms with Crippen LogP contribution in [0, 0.1) is 0 Å². The predicted octanol–water partition coefficient (Wildman–Crippen LogP) is 1.49. The molecule has 0 unspecified atom stereocenters. The first-order valence-electron chi connectivity index (χ1n) is 6.42. The Balaban J connectivity index is 2.62. The Morgan fingerprint density at radius 2 is 1.95 bits per heavy atom. The van der Waals surface area contributed by atoms with Gasteiger partial charge >= 0.3 is 5.97 Å². The lowest BCUT2D eigenvalue weighted by molar-refractivity contribution is -0.137. The van der Waals surface area contributed by atoms with Crippen LogP contribution in [0.1, 0.15) is 19.8 Å². The monoisotopic (exact) mass is 264 g/mol. The number of aliphatic carboxylic acids is 1. The molecule has 0 radical (unpaired) electrons. The molecule has 5 heteroatoms. The highest BCUT2D eigenvalue weighted by Crippen LogP contribution is 2.13. The van der Waals surface area contributed by atoms with Crippen LogP contribution in [-0.4, -0.2) is 36.6 Å². The standard InChI is InChI=1S/C14H20N2O3/c1-2-15-13(17)11-16(10-6-9-14(18)19)12-7-4-3-5-8-12/h3-5,7-8H,2,6,9-11H2,1H3,(H,15,17)(H,18,19). The van der Waals surface area contributed by atoms with Gasteiger partial charge < -0.3 is 15.3 Å². The molecule has 19 heavy (non-hydrogen) atoms. The number of hydrogen-bond acceptors (Lipinski definition) is 3. The third-order valence-corrected chi connectivity index (χ3v) is 2.65. The van der Waals surface area contributed by atoms with E-state index in [-0.39, 0.29) is 18.9 Å². The van der Waals surface area contributed by atoms with Crippen molar-refractivity contribution in [2.24, 2.45) is 0 Å². The summed E-state index contributed by atoms with van der Waals surface area (Å²) in [5, 5.41) is 11.4. The highest BCUT2D eigenvalue weighted by atomic mass is 16.4. The van der Waals surface area contributed by atoms with Crippen LogP contribution in [0.5, 0.6) is 0 Å². The van der Waals surface area contributed by atoms with Gasteiger partial charge in [0.2, 0.25) is 5.91 Å². The fourth-order valence-corrected chi connectivity index (χ4v) is 1.79. The van der Waals surface area contributed by atoms with Gasteiger partial charge in [-0.25, -0.2) is 0 Å². The second kappa shape index (κ2) is 8.13. The molecule has 0 aromatic heterocycles. The summed E-state index contributed by atoms with van der Waals surface area (Å²) >= 11 is 0. The molecule has 2 N–H and O–H groups in total. The van der Waals surface area contributed by atoms with Gasteiger partial charge in [0.25, 0.3) is 0 Å². The van der Waals surface area contributed by atoms with Gasteiger partial charge in [-0.2, -0.15) is 0 Å². The number of nitrogens with one attached hydrogen (secondary N) is 1. The average molecular weight is 264 g/mol. The van der Waals surface area contributed by atoms with Crippen LogP contribution in [0.25, 0.3) is 0 Å². The molecule has 0 saturated heterocycles. The summed E-state index contributed by atoms with van der Waals surface area (Å²) in [4.78, 5) is 24.1. The van der Waals surface area contributed by atoms with Gasteiger partial charge in [0.1, 0.15) is 0 Å². The number of rotatable bonds is 8. The predicted molar refractivity (Wildman–Crippen MR) is 74.2 cm³/mol. The number of benzene rings is 1. The summed E-state index contributed by atoms with van der Waals surface area (Å²) in [7, 11) is 0. The number of carbonyl (C=O) groups is 2. The van der Waals surface area contributed by atoms with Gasteiger partial charge in [-0.1, -0.05) is 18.2 Å². The lowest BCUT2D eigenvalue weighted by Gasteiger charge is -2.23. The van der Waals surface area contributed by atoms with Gasteiger partial charge in [0.05, 0.1) is 6.54 Å². The molecule has 1 rings (SSSR count). The van der Waals surface area contributed by atoms with Crippen molar-refractivity contribution in [1.82, 2.24) is 5.32 Å². The number of likely N-dealkylation sites (N-methyl/N-ethyl adjacent to an activating group) is 1. The van der Waals surface area contributed by atoms with E-state index in [0.29, 0.717) is 19.5 Å². The van der Waals surface area contributed by atoms with E-state index < -0.39 is 5.97 Å². The van der Waals surface area contributed by atoms with E-state index >= 15 is 0 Å². The number of hydrogen-bond donors (Lipinski definition) is 2. The Morgan fingerprint density at radius 3 is 2.53 bits per heavy atom. The molecule has 0 spiro atoms. The fraction of sp³-hybridized carbons (Fsp3) is 0.429. The highest BCUT2D eigenvalue weighted by molar-refractivity contribution is 5.81. The Labute approximate surface area is 113 Å². The van der Waals surface area contributed by atoms with Gasteiger partial charge in [-0.05, 0) is 25.5 Å². The van der Waals surface area contributed by atoms with E-state index in [1.54, 1.807) is 0 Å². The van der Waals surface area contributed by atoms with Crippen molar-refractivity contribution in [2.75, 3.05) is 24.5 Å². The quantitative estimate of drug-likeness (QED) is 0.746. The molecule has 1 aromatic rings. The van der Waals surface area contributed by atoms with Crippen LogP contribution >= 0.6 is 0 Å². The Morgan fingerprint density at radius 1 is 1.26 bits per heavy atom. The molecular weight excluding hydrogens is 244 g/mol. The first-order valence-corrected chi connectivity index (χ1v) is 6.42. The van der Waals surface area contributed by atoms with E-state index in [0.717, 1.165) is 5.69 Å². The average Bonchev–Trinajstić information content (AvgIpc) is 2.38. The van der Waals surface area contributed by atoms with Crippen molar-refractivity contribution in [3.8, 4) is 0 Å².